The van der Waals surface area contributed by atoms with Crippen LogP contribution in [0.25, 0.3) is 28.2 Å². The number of aryl methyl sites for hydroxylation is 1. The van der Waals surface area contributed by atoms with Crippen molar-refractivity contribution in [2.24, 2.45) is 0 Å². The zero-order valence-electron chi connectivity index (χ0n) is 21.2. The van der Waals surface area contributed by atoms with E-state index in [2.05, 4.69) is 42.2 Å². The van der Waals surface area contributed by atoms with Crippen molar-refractivity contribution < 1.29 is 4.74 Å². The fourth-order valence-electron chi connectivity index (χ4n) is 4.71. The van der Waals surface area contributed by atoms with Crippen LogP contribution in [0.4, 0.5) is 5.82 Å². The van der Waals surface area contributed by atoms with Crippen LogP contribution in [0.1, 0.15) is 16.8 Å². The standard InChI is InChI=1S/C27H26N10O/c1-18-11-22(34-33-18)23-17-37-27(21(12-28)15-31-37)26(32-23)20-4-5-24(29-14-20)36-9-7-35(8-10-36)16-19-3-6-25(38-2)30-13-19/h3-6,11,13-15,17H,7-10,16H2,1-2H3,(H,33,34). The van der Waals surface area contributed by atoms with Crippen LogP contribution in [0.2, 0.25) is 0 Å². The summed E-state index contributed by atoms with van der Waals surface area (Å²) in [5.41, 5.74) is 6.11. The van der Waals surface area contributed by atoms with Crippen LogP contribution in [0.15, 0.2) is 55.1 Å². The number of nitrogens with one attached hydrogen (secondary N) is 1. The molecule has 0 amide bonds. The lowest BCUT2D eigenvalue weighted by molar-refractivity contribution is 0.249. The number of methoxy groups -OCH3 is 1. The summed E-state index contributed by atoms with van der Waals surface area (Å²) in [4.78, 5) is 18.7. The summed E-state index contributed by atoms with van der Waals surface area (Å²) >= 11 is 0. The van der Waals surface area contributed by atoms with E-state index < -0.39 is 0 Å². The normalized spacial score (nSPS) is 14.1. The van der Waals surface area contributed by atoms with Crippen molar-refractivity contribution in [1.29, 1.82) is 5.26 Å². The molecule has 1 aliphatic heterocycles. The van der Waals surface area contributed by atoms with Crippen LogP contribution in [-0.4, -0.2) is 73.0 Å². The molecule has 0 unspecified atom stereocenters. The zero-order chi connectivity index (χ0) is 26.1. The molecule has 11 heteroatoms. The van der Waals surface area contributed by atoms with Gasteiger partial charge in [0, 0.05) is 56.7 Å². The fraction of sp³-hybridized carbons (Fsp3) is 0.259. The third kappa shape index (κ3) is 4.53. The van der Waals surface area contributed by atoms with Crippen LogP contribution in [0.5, 0.6) is 5.88 Å². The van der Waals surface area contributed by atoms with E-state index in [0.29, 0.717) is 28.3 Å². The molecule has 6 heterocycles. The average Bonchev–Trinajstić information content (AvgIpc) is 3.59. The molecule has 1 saturated heterocycles. The van der Waals surface area contributed by atoms with Crippen molar-refractivity contribution in [3.8, 4) is 34.6 Å². The molecule has 5 aromatic rings. The smallest absolute Gasteiger partial charge is 0.212 e. The second-order valence-electron chi connectivity index (χ2n) is 9.24. The second kappa shape index (κ2) is 9.91. The first-order chi connectivity index (χ1) is 18.6. The molecule has 190 valence electrons. The van der Waals surface area contributed by atoms with E-state index in [1.165, 1.54) is 5.56 Å². The van der Waals surface area contributed by atoms with Gasteiger partial charge < -0.3 is 9.64 Å². The molecule has 0 aliphatic carbocycles. The van der Waals surface area contributed by atoms with Gasteiger partial charge in [-0.25, -0.2) is 19.5 Å². The molecule has 1 fully saturated rings. The van der Waals surface area contributed by atoms with E-state index in [0.717, 1.165) is 55.5 Å². The number of pyridine rings is 2. The van der Waals surface area contributed by atoms with Gasteiger partial charge in [0.15, 0.2) is 0 Å². The predicted octanol–water partition coefficient (Wildman–Crippen LogP) is 3.09. The van der Waals surface area contributed by atoms with Gasteiger partial charge in [0.05, 0.1) is 36.6 Å². The Bertz CT molecular complexity index is 1610. The number of aromatic nitrogens is 7. The number of piperazine rings is 1. The molecular weight excluding hydrogens is 480 g/mol. The lowest BCUT2D eigenvalue weighted by Crippen LogP contribution is -2.46. The minimum absolute atomic E-state index is 0.465. The Morgan fingerprint density at radius 3 is 2.58 bits per heavy atom. The topological polar surface area (TPSA) is 124 Å². The van der Waals surface area contributed by atoms with Crippen LogP contribution in [0.3, 0.4) is 0 Å². The van der Waals surface area contributed by atoms with E-state index in [-0.39, 0.29) is 0 Å². The molecule has 1 aliphatic rings. The van der Waals surface area contributed by atoms with E-state index in [1.807, 2.05) is 43.6 Å². The summed E-state index contributed by atoms with van der Waals surface area (Å²) in [5, 5.41) is 21.3. The Morgan fingerprint density at radius 1 is 1.05 bits per heavy atom. The SMILES string of the molecule is COc1ccc(CN2CCN(c3ccc(-c4nc(-c5cc(C)n[nH]5)cn5ncc(C#N)c45)cn3)CC2)cn1. The molecule has 0 spiro atoms. The lowest BCUT2D eigenvalue weighted by atomic mass is 10.1. The van der Waals surface area contributed by atoms with Crippen molar-refractivity contribution in [2.75, 3.05) is 38.2 Å². The summed E-state index contributed by atoms with van der Waals surface area (Å²) in [7, 11) is 1.62. The van der Waals surface area contributed by atoms with Crippen molar-refractivity contribution in [3.63, 3.8) is 0 Å². The van der Waals surface area contributed by atoms with Crippen molar-refractivity contribution in [2.45, 2.75) is 13.5 Å². The average molecular weight is 507 g/mol. The minimum Gasteiger partial charge on any atom is -0.481 e. The molecule has 0 radical (unpaired) electrons. The van der Waals surface area contributed by atoms with Gasteiger partial charge in [0.25, 0.3) is 0 Å². The highest BCUT2D eigenvalue weighted by atomic mass is 16.5. The van der Waals surface area contributed by atoms with Crippen molar-refractivity contribution >= 4 is 11.3 Å². The maximum atomic E-state index is 9.66. The number of rotatable bonds is 6. The number of nitriles is 1. The molecule has 1 N–H and O–H groups in total. The highest BCUT2D eigenvalue weighted by Gasteiger charge is 2.20. The summed E-state index contributed by atoms with van der Waals surface area (Å²) in [6, 6.07) is 12.1. The van der Waals surface area contributed by atoms with Gasteiger partial charge in [0.1, 0.15) is 28.7 Å². The summed E-state index contributed by atoms with van der Waals surface area (Å²) < 4.78 is 6.84. The van der Waals surface area contributed by atoms with E-state index >= 15 is 0 Å². The lowest BCUT2D eigenvalue weighted by Gasteiger charge is -2.35. The molecule has 11 nitrogen and oxygen atoms in total. The maximum Gasteiger partial charge on any atom is 0.212 e. The van der Waals surface area contributed by atoms with E-state index in [9.17, 15) is 5.26 Å². The van der Waals surface area contributed by atoms with Gasteiger partial charge in [-0.1, -0.05) is 6.07 Å². The number of nitrogens with zero attached hydrogens (tertiary/aromatic N) is 9. The maximum absolute atomic E-state index is 9.66. The first kappa shape index (κ1) is 23.6. The predicted molar refractivity (Wildman–Crippen MR) is 142 cm³/mol. The molecule has 0 aromatic carbocycles. The highest BCUT2D eigenvalue weighted by molar-refractivity contribution is 5.83. The number of fused-ring (bicyclic) bond motifs is 1. The van der Waals surface area contributed by atoms with Gasteiger partial charge >= 0.3 is 0 Å². The molecule has 5 aromatic heterocycles. The Hall–Kier alpha value is -4.82. The first-order valence-electron chi connectivity index (χ1n) is 12.3. The summed E-state index contributed by atoms with van der Waals surface area (Å²) in [6.07, 6.45) is 7.06. The first-order valence-corrected chi connectivity index (χ1v) is 12.3. The Kier molecular flexibility index (Phi) is 6.15. The molecule has 38 heavy (non-hydrogen) atoms. The van der Waals surface area contributed by atoms with E-state index in [1.54, 1.807) is 24.0 Å². The van der Waals surface area contributed by atoms with Gasteiger partial charge in [0.2, 0.25) is 5.88 Å². The Balaban J connectivity index is 1.21. The Labute approximate surface area is 219 Å². The zero-order valence-corrected chi connectivity index (χ0v) is 21.2. The van der Waals surface area contributed by atoms with E-state index in [4.69, 9.17) is 14.7 Å². The highest BCUT2D eigenvalue weighted by Crippen LogP contribution is 2.29. The van der Waals surface area contributed by atoms with Crippen LogP contribution in [-0.2, 0) is 6.54 Å². The van der Waals surface area contributed by atoms with Crippen molar-refractivity contribution in [1.82, 2.24) is 39.7 Å². The largest absolute Gasteiger partial charge is 0.481 e. The molecule has 6 rings (SSSR count). The number of hydrogen-bond donors (Lipinski definition) is 1. The second-order valence-corrected chi connectivity index (χ2v) is 9.24. The molecule has 0 bridgehead atoms. The van der Waals surface area contributed by atoms with Crippen LogP contribution < -0.4 is 9.64 Å². The monoisotopic (exact) mass is 506 g/mol. The fourth-order valence-corrected chi connectivity index (χ4v) is 4.71. The Morgan fingerprint density at radius 2 is 1.92 bits per heavy atom. The number of aromatic amines is 1. The van der Waals surface area contributed by atoms with Gasteiger partial charge in [-0.05, 0) is 30.7 Å². The van der Waals surface area contributed by atoms with Crippen LogP contribution >= 0.6 is 0 Å². The van der Waals surface area contributed by atoms with Crippen molar-refractivity contribution in [3.05, 3.63) is 71.9 Å². The van der Waals surface area contributed by atoms with Gasteiger partial charge in [-0.15, -0.1) is 0 Å². The van der Waals surface area contributed by atoms with Crippen LogP contribution in [0, 0.1) is 18.3 Å². The van der Waals surface area contributed by atoms with Gasteiger partial charge in [-0.2, -0.15) is 15.5 Å². The minimum atomic E-state index is 0.465. The van der Waals surface area contributed by atoms with Gasteiger partial charge in [-0.3, -0.25) is 10.00 Å². The molecule has 0 atom stereocenters. The third-order valence-electron chi connectivity index (χ3n) is 6.73. The number of H-pyrrole nitrogens is 1. The third-order valence-corrected chi connectivity index (χ3v) is 6.73. The number of anilines is 1. The molecular formula is C27H26N10O. The summed E-state index contributed by atoms with van der Waals surface area (Å²) in [6.45, 7) is 6.41. The number of ether oxygens (including phenoxy) is 1. The summed E-state index contributed by atoms with van der Waals surface area (Å²) in [5.74, 6) is 1.55. The molecule has 0 saturated carbocycles. The quantitative estimate of drug-likeness (QED) is 0.370. The number of hydrogen-bond acceptors (Lipinski definition) is 9.